The molecular formula is C12H12O2. The van der Waals surface area contributed by atoms with Crippen LogP contribution in [-0.2, 0) is 9.47 Å². The third-order valence-corrected chi connectivity index (χ3v) is 1.92. The van der Waals surface area contributed by atoms with Gasteiger partial charge in [0.1, 0.15) is 12.2 Å². The van der Waals surface area contributed by atoms with Crippen LogP contribution in [0.15, 0.2) is 61.1 Å². The van der Waals surface area contributed by atoms with E-state index in [2.05, 4.69) is 12.2 Å². The van der Waals surface area contributed by atoms with Gasteiger partial charge in [-0.25, -0.2) is 0 Å². The Balaban J connectivity index is 0.000000107. The normalized spacial score (nSPS) is 29.7. The van der Waals surface area contributed by atoms with Crippen LogP contribution in [0.4, 0.5) is 0 Å². The van der Waals surface area contributed by atoms with E-state index in [9.17, 15) is 0 Å². The predicted octanol–water partition coefficient (Wildman–Crippen LogP) is 2.48. The van der Waals surface area contributed by atoms with Crippen molar-refractivity contribution in [2.45, 2.75) is 12.2 Å². The van der Waals surface area contributed by atoms with Crippen molar-refractivity contribution in [3.8, 4) is 0 Å². The van der Waals surface area contributed by atoms with Crippen molar-refractivity contribution < 1.29 is 9.47 Å². The summed E-state index contributed by atoms with van der Waals surface area (Å²) >= 11 is 0. The Kier molecular flexibility index (Phi) is 2.99. The molecule has 3 aliphatic rings. The van der Waals surface area contributed by atoms with Crippen LogP contribution in [0.3, 0.4) is 0 Å². The zero-order valence-corrected chi connectivity index (χ0v) is 7.74. The fourth-order valence-corrected chi connectivity index (χ4v) is 1.15. The molecule has 72 valence electrons. The zero-order valence-electron chi connectivity index (χ0n) is 7.74. The molecule has 1 saturated heterocycles. The molecule has 0 saturated carbocycles. The molecule has 14 heavy (non-hydrogen) atoms. The van der Waals surface area contributed by atoms with Crippen molar-refractivity contribution in [3.05, 3.63) is 61.1 Å². The number of epoxide rings is 1. The van der Waals surface area contributed by atoms with Gasteiger partial charge in [0.2, 0.25) is 0 Å². The highest BCUT2D eigenvalue weighted by molar-refractivity contribution is 5.22. The lowest BCUT2D eigenvalue weighted by Gasteiger charge is -1.81. The first kappa shape index (κ1) is 9.03. The van der Waals surface area contributed by atoms with Gasteiger partial charge < -0.3 is 9.47 Å². The van der Waals surface area contributed by atoms with E-state index in [-0.39, 0.29) is 0 Å². The second-order valence-corrected chi connectivity index (χ2v) is 3.01. The minimum Gasteiger partial charge on any atom is -0.473 e. The molecule has 1 aliphatic carbocycles. The molecule has 0 aromatic heterocycles. The van der Waals surface area contributed by atoms with Crippen LogP contribution in [0.25, 0.3) is 0 Å². The molecule has 0 N–H and O–H groups in total. The number of fused-ring (bicyclic) bond motifs is 1. The lowest BCUT2D eigenvalue weighted by Crippen LogP contribution is -1.86. The number of hydrogen-bond acceptors (Lipinski definition) is 2. The Hall–Kier alpha value is -1.54. The smallest absolute Gasteiger partial charge is 0.107 e. The molecule has 2 unspecified atom stereocenters. The maximum Gasteiger partial charge on any atom is 0.107 e. The van der Waals surface area contributed by atoms with Gasteiger partial charge >= 0.3 is 0 Å². The molecule has 3 rings (SSSR count). The van der Waals surface area contributed by atoms with Crippen LogP contribution < -0.4 is 0 Å². The van der Waals surface area contributed by atoms with E-state index in [1.807, 2.05) is 36.5 Å². The van der Waals surface area contributed by atoms with E-state index in [1.165, 1.54) is 0 Å². The molecule has 2 atom stereocenters. The molecular weight excluding hydrogens is 176 g/mol. The second kappa shape index (κ2) is 4.63. The third-order valence-electron chi connectivity index (χ3n) is 1.92. The SMILES string of the molecule is C1=CC2OC2C=C1.C1=CC=COC=C1. The van der Waals surface area contributed by atoms with E-state index in [4.69, 9.17) is 9.47 Å². The van der Waals surface area contributed by atoms with Crippen molar-refractivity contribution >= 4 is 0 Å². The highest BCUT2D eigenvalue weighted by Crippen LogP contribution is 2.26. The van der Waals surface area contributed by atoms with Gasteiger partial charge in [-0.3, -0.25) is 0 Å². The lowest BCUT2D eigenvalue weighted by molar-refractivity contribution is 0.404. The first-order chi connectivity index (χ1) is 6.97. The highest BCUT2D eigenvalue weighted by Gasteiger charge is 2.34. The number of rotatable bonds is 0. The molecule has 1 fully saturated rings. The summed E-state index contributed by atoms with van der Waals surface area (Å²) in [4.78, 5) is 0. The summed E-state index contributed by atoms with van der Waals surface area (Å²) < 4.78 is 9.88. The molecule has 0 bridgehead atoms. The Labute approximate surface area is 83.5 Å². The predicted molar refractivity (Wildman–Crippen MR) is 55.4 cm³/mol. The van der Waals surface area contributed by atoms with Crippen molar-refractivity contribution in [2.75, 3.05) is 0 Å². The Morgan fingerprint density at radius 1 is 0.643 bits per heavy atom. The number of hydrogen-bond donors (Lipinski definition) is 0. The minimum atomic E-state index is 0.435. The first-order valence-corrected chi connectivity index (χ1v) is 4.61. The Morgan fingerprint density at radius 3 is 1.71 bits per heavy atom. The molecule has 0 aromatic rings. The first-order valence-electron chi connectivity index (χ1n) is 4.61. The van der Waals surface area contributed by atoms with Crippen LogP contribution in [0.1, 0.15) is 0 Å². The van der Waals surface area contributed by atoms with Crippen LogP contribution in [0.5, 0.6) is 0 Å². The number of allylic oxidation sites excluding steroid dienone is 6. The second-order valence-electron chi connectivity index (χ2n) is 3.01. The molecule has 2 heteroatoms. The van der Waals surface area contributed by atoms with Crippen LogP contribution in [-0.4, -0.2) is 12.2 Å². The zero-order chi connectivity index (χ0) is 9.64. The van der Waals surface area contributed by atoms with E-state index in [1.54, 1.807) is 12.5 Å². The largest absolute Gasteiger partial charge is 0.473 e. The molecule has 2 aliphatic heterocycles. The molecule has 0 radical (unpaired) electrons. The Morgan fingerprint density at radius 2 is 1.21 bits per heavy atom. The third kappa shape index (κ3) is 2.75. The summed E-state index contributed by atoms with van der Waals surface area (Å²) in [5, 5.41) is 0. The highest BCUT2D eigenvalue weighted by atomic mass is 16.6. The summed E-state index contributed by atoms with van der Waals surface area (Å²) in [6.45, 7) is 0. The summed E-state index contributed by atoms with van der Waals surface area (Å²) in [5.41, 5.74) is 0. The van der Waals surface area contributed by atoms with E-state index in [0.29, 0.717) is 12.2 Å². The van der Waals surface area contributed by atoms with Crippen molar-refractivity contribution in [3.63, 3.8) is 0 Å². The van der Waals surface area contributed by atoms with Gasteiger partial charge in [-0.15, -0.1) is 0 Å². The average molecular weight is 188 g/mol. The van der Waals surface area contributed by atoms with Crippen LogP contribution in [0, 0.1) is 0 Å². The topological polar surface area (TPSA) is 21.8 Å². The lowest BCUT2D eigenvalue weighted by atomic mass is 10.2. The fourth-order valence-electron chi connectivity index (χ4n) is 1.15. The fraction of sp³-hybridized carbons (Fsp3) is 0.167. The van der Waals surface area contributed by atoms with Gasteiger partial charge in [0, 0.05) is 0 Å². The van der Waals surface area contributed by atoms with Gasteiger partial charge in [0.15, 0.2) is 0 Å². The molecule has 0 spiro atoms. The van der Waals surface area contributed by atoms with Crippen molar-refractivity contribution in [2.24, 2.45) is 0 Å². The van der Waals surface area contributed by atoms with Gasteiger partial charge in [0.05, 0.1) is 12.5 Å². The number of ether oxygens (including phenoxy) is 2. The maximum absolute atomic E-state index is 5.10. The molecule has 2 heterocycles. The average Bonchev–Trinajstić information content (AvgIpc) is 3.04. The standard InChI is InChI=1S/2C6H6O/c1-2-4-6-5(3-1)7-6;1-2-4-6-7-5-3-1/h2*1-6H. The molecule has 2 nitrogen and oxygen atoms in total. The summed E-state index contributed by atoms with van der Waals surface area (Å²) in [6, 6.07) is 0. The maximum atomic E-state index is 5.10. The van der Waals surface area contributed by atoms with Crippen molar-refractivity contribution in [1.29, 1.82) is 0 Å². The summed E-state index contributed by atoms with van der Waals surface area (Å²) in [6.07, 6.45) is 19.8. The molecule has 0 aromatic carbocycles. The van der Waals surface area contributed by atoms with E-state index >= 15 is 0 Å². The van der Waals surface area contributed by atoms with Gasteiger partial charge in [-0.2, -0.15) is 0 Å². The van der Waals surface area contributed by atoms with Crippen molar-refractivity contribution in [1.82, 2.24) is 0 Å². The minimum absolute atomic E-state index is 0.435. The molecule has 0 amide bonds. The van der Waals surface area contributed by atoms with Gasteiger partial charge in [-0.05, 0) is 12.2 Å². The summed E-state index contributed by atoms with van der Waals surface area (Å²) in [5.74, 6) is 0. The monoisotopic (exact) mass is 188 g/mol. The quantitative estimate of drug-likeness (QED) is 0.545. The Bertz CT molecular complexity index is 291. The summed E-state index contributed by atoms with van der Waals surface area (Å²) in [7, 11) is 0. The van der Waals surface area contributed by atoms with Crippen LogP contribution >= 0.6 is 0 Å². The van der Waals surface area contributed by atoms with Gasteiger partial charge in [-0.1, -0.05) is 36.5 Å². The van der Waals surface area contributed by atoms with Crippen LogP contribution in [0.2, 0.25) is 0 Å². The van der Waals surface area contributed by atoms with E-state index in [0.717, 1.165) is 0 Å². The van der Waals surface area contributed by atoms with Gasteiger partial charge in [0.25, 0.3) is 0 Å². The van der Waals surface area contributed by atoms with E-state index < -0.39 is 0 Å².